The first-order valence-corrected chi connectivity index (χ1v) is 7.67. The Morgan fingerprint density at radius 3 is 2.80 bits per heavy atom. The molecule has 1 saturated carbocycles. The Hall–Kier alpha value is -0.980. The van der Waals surface area contributed by atoms with Crippen molar-refractivity contribution in [1.29, 1.82) is 0 Å². The van der Waals surface area contributed by atoms with Crippen LogP contribution in [0.4, 0.5) is 0 Å². The van der Waals surface area contributed by atoms with Crippen LogP contribution in [0.2, 0.25) is 0 Å². The van der Waals surface area contributed by atoms with Gasteiger partial charge in [-0.3, -0.25) is 5.10 Å². The van der Waals surface area contributed by atoms with Gasteiger partial charge in [0.2, 0.25) is 0 Å². The van der Waals surface area contributed by atoms with Crippen molar-refractivity contribution in [1.82, 2.24) is 14.8 Å². The second-order valence-electron chi connectivity index (χ2n) is 5.27. The Balaban J connectivity index is 2.11. The molecule has 0 amide bonds. The Morgan fingerprint density at radius 1 is 1.50 bits per heavy atom. The summed E-state index contributed by atoms with van der Waals surface area (Å²) < 4.78 is 9.16. The molecule has 1 aromatic heterocycles. The van der Waals surface area contributed by atoms with E-state index in [0.717, 1.165) is 23.1 Å². The van der Waals surface area contributed by atoms with Gasteiger partial charge in [0, 0.05) is 18.6 Å². The van der Waals surface area contributed by atoms with E-state index in [-0.39, 0.29) is 11.5 Å². The number of methoxy groups -OCH3 is 1. The number of benzene rings is 1. The van der Waals surface area contributed by atoms with Crippen LogP contribution in [0.3, 0.4) is 0 Å². The predicted molar refractivity (Wildman–Crippen MR) is 83.3 cm³/mol. The maximum Gasteiger partial charge on any atom is 0.194 e. The molecule has 0 saturated heterocycles. The van der Waals surface area contributed by atoms with Gasteiger partial charge in [0.1, 0.15) is 5.82 Å². The molecule has 1 aromatic carbocycles. The Morgan fingerprint density at radius 2 is 2.25 bits per heavy atom. The highest BCUT2D eigenvalue weighted by atomic mass is 79.9. The number of H-pyrrole nitrogens is 1. The smallest absolute Gasteiger partial charge is 0.194 e. The van der Waals surface area contributed by atoms with E-state index in [1.165, 1.54) is 5.56 Å². The maximum absolute atomic E-state index is 5.48. The molecule has 20 heavy (non-hydrogen) atoms. The summed E-state index contributed by atoms with van der Waals surface area (Å²) in [6.45, 7) is 0. The highest BCUT2D eigenvalue weighted by Gasteiger charge is 2.50. The number of aromatic amines is 1. The third kappa shape index (κ3) is 2.06. The number of halogens is 1. The second kappa shape index (κ2) is 5.09. The van der Waals surface area contributed by atoms with E-state index in [4.69, 9.17) is 17.0 Å². The quantitative estimate of drug-likeness (QED) is 0.860. The maximum atomic E-state index is 5.48. The van der Waals surface area contributed by atoms with Gasteiger partial charge in [0.25, 0.3) is 0 Å². The molecule has 3 rings (SSSR count). The lowest BCUT2D eigenvalue weighted by atomic mass is 9.62. The van der Waals surface area contributed by atoms with Crippen molar-refractivity contribution in [2.24, 2.45) is 7.05 Å². The van der Waals surface area contributed by atoms with Gasteiger partial charge in [-0.1, -0.05) is 28.1 Å². The van der Waals surface area contributed by atoms with Gasteiger partial charge in [-0.05, 0) is 42.8 Å². The van der Waals surface area contributed by atoms with E-state index in [9.17, 15) is 0 Å². The van der Waals surface area contributed by atoms with E-state index in [1.54, 1.807) is 7.11 Å². The summed E-state index contributed by atoms with van der Waals surface area (Å²) in [4.78, 5) is 0. The predicted octanol–water partition coefficient (Wildman–Crippen LogP) is 3.34. The highest BCUT2D eigenvalue weighted by molar-refractivity contribution is 9.10. The van der Waals surface area contributed by atoms with Gasteiger partial charge in [-0.25, -0.2) is 0 Å². The standard InChI is InChI=1S/C14H16BrN3OS/c1-18-12(16-17-13(18)20)14(7-11(8-14)19-2)9-4-3-5-10(15)6-9/h3-6,11H,7-8H2,1-2H3,(H,17,20). The third-order valence-corrected chi connectivity index (χ3v) is 5.03. The van der Waals surface area contributed by atoms with Crippen LogP contribution in [0.5, 0.6) is 0 Å². The first kappa shape index (κ1) is 14.0. The van der Waals surface area contributed by atoms with Crippen molar-refractivity contribution in [3.8, 4) is 0 Å². The summed E-state index contributed by atoms with van der Waals surface area (Å²) in [6, 6.07) is 8.40. The summed E-state index contributed by atoms with van der Waals surface area (Å²) >= 11 is 8.80. The molecule has 0 spiro atoms. The molecule has 0 aliphatic heterocycles. The molecule has 0 atom stereocenters. The molecule has 0 radical (unpaired) electrons. The fraction of sp³-hybridized carbons (Fsp3) is 0.429. The summed E-state index contributed by atoms with van der Waals surface area (Å²) in [5.74, 6) is 0.980. The number of aromatic nitrogens is 3. The third-order valence-electron chi connectivity index (χ3n) is 4.17. The lowest BCUT2D eigenvalue weighted by Crippen LogP contribution is -2.48. The zero-order valence-corrected chi connectivity index (χ0v) is 13.8. The molecule has 6 heteroatoms. The van der Waals surface area contributed by atoms with Crippen LogP contribution in [0.25, 0.3) is 0 Å². The van der Waals surface area contributed by atoms with Crippen molar-refractivity contribution in [2.45, 2.75) is 24.4 Å². The van der Waals surface area contributed by atoms with Crippen molar-refractivity contribution in [2.75, 3.05) is 7.11 Å². The largest absolute Gasteiger partial charge is 0.381 e. The zero-order chi connectivity index (χ0) is 14.3. The van der Waals surface area contributed by atoms with Crippen LogP contribution in [0.1, 0.15) is 24.2 Å². The normalized spacial score (nSPS) is 25.4. The van der Waals surface area contributed by atoms with E-state index < -0.39 is 0 Å². The molecule has 1 fully saturated rings. The molecule has 106 valence electrons. The molecule has 1 heterocycles. The minimum absolute atomic E-state index is 0.118. The van der Waals surface area contributed by atoms with Crippen molar-refractivity contribution in [3.63, 3.8) is 0 Å². The van der Waals surface area contributed by atoms with Gasteiger partial charge in [0.15, 0.2) is 4.77 Å². The summed E-state index contributed by atoms with van der Waals surface area (Å²) in [6.07, 6.45) is 2.13. The highest BCUT2D eigenvalue weighted by Crippen LogP contribution is 2.49. The van der Waals surface area contributed by atoms with Gasteiger partial charge >= 0.3 is 0 Å². The first-order chi connectivity index (χ1) is 9.56. The fourth-order valence-corrected chi connectivity index (χ4v) is 3.52. The number of ether oxygens (including phenoxy) is 1. The summed E-state index contributed by atoms with van der Waals surface area (Å²) in [5.41, 5.74) is 1.13. The summed E-state index contributed by atoms with van der Waals surface area (Å²) in [5, 5.41) is 7.35. The lowest BCUT2D eigenvalue weighted by Gasteiger charge is -2.46. The summed E-state index contributed by atoms with van der Waals surface area (Å²) in [7, 11) is 3.72. The fourth-order valence-electron chi connectivity index (χ4n) is 2.99. The van der Waals surface area contributed by atoms with Crippen LogP contribution in [0, 0.1) is 4.77 Å². The van der Waals surface area contributed by atoms with Gasteiger partial charge in [0.05, 0.1) is 11.5 Å². The Labute approximate surface area is 131 Å². The molecular formula is C14H16BrN3OS. The molecular weight excluding hydrogens is 338 g/mol. The van der Waals surface area contributed by atoms with Crippen LogP contribution in [-0.4, -0.2) is 28.0 Å². The minimum Gasteiger partial charge on any atom is -0.381 e. The molecule has 0 bridgehead atoms. The number of nitrogens with zero attached hydrogens (tertiary/aromatic N) is 2. The van der Waals surface area contributed by atoms with E-state index >= 15 is 0 Å². The SMILES string of the molecule is COC1CC(c2cccc(Br)c2)(c2n[nH]c(=S)n2C)C1. The lowest BCUT2D eigenvalue weighted by molar-refractivity contribution is -0.00700. The minimum atomic E-state index is -0.118. The van der Waals surface area contributed by atoms with Crippen molar-refractivity contribution in [3.05, 3.63) is 44.9 Å². The average Bonchev–Trinajstić information content (AvgIpc) is 2.71. The van der Waals surface area contributed by atoms with Gasteiger partial charge in [-0.15, -0.1) is 0 Å². The van der Waals surface area contributed by atoms with Crippen molar-refractivity contribution >= 4 is 28.1 Å². The molecule has 1 N–H and O–H groups in total. The van der Waals surface area contributed by atoms with Crippen molar-refractivity contribution < 1.29 is 4.74 Å². The van der Waals surface area contributed by atoms with Gasteiger partial charge in [-0.2, -0.15) is 5.10 Å². The van der Waals surface area contributed by atoms with Crippen LogP contribution in [-0.2, 0) is 17.2 Å². The number of nitrogens with one attached hydrogen (secondary N) is 1. The molecule has 1 aliphatic rings. The molecule has 2 aromatic rings. The first-order valence-electron chi connectivity index (χ1n) is 6.47. The molecule has 1 aliphatic carbocycles. The van der Waals surface area contributed by atoms with Crippen LogP contribution < -0.4 is 0 Å². The average molecular weight is 354 g/mol. The monoisotopic (exact) mass is 353 g/mol. The molecule has 0 unspecified atom stereocenters. The molecule has 4 nitrogen and oxygen atoms in total. The van der Waals surface area contributed by atoms with Gasteiger partial charge < -0.3 is 9.30 Å². The number of rotatable bonds is 3. The number of hydrogen-bond donors (Lipinski definition) is 1. The van der Waals surface area contributed by atoms with Crippen LogP contribution >= 0.6 is 28.1 Å². The van der Waals surface area contributed by atoms with Crippen LogP contribution in [0.15, 0.2) is 28.7 Å². The second-order valence-corrected chi connectivity index (χ2v) is 6.57. The van der Waals surface area contributed by atoms with E-state index in [2.05, 4.69) is 44.3 Å². The Kier molecular flexibility index (Phi) is 3.56. The topological polar surface area (TPSA) is 42.8 Å². The zero-order valence-electron chi connectivity index (χ0n) is 11.4. The van der Waals surface area contributed by atoms with E-state index in [0.29, 0.717) is 4.77 Å². The Bertz CT molecular complexity index is 688. The van der Waals surface area contributed by atoms with E-state index in [1.807, 2.05) is 17.7 Å². The number of hydrogen-bond acceptors (Lipinski definition) is 3.